The van der Waals surface area contributed by atoms with Gasteiger partial charge in [0.1, 0.15) is 12.0 Å². The van der Waals surface area contributed by atoms with Crippen molar-refractivity contribution in [2.75, 3.05) is 26.2 Å². The van der Waals surface area contributed by atoms with Gasteiger partial charge in [-0.25, -0.2) is 15.0 Å². The predicted octanol–water partition coefficient (Wildman–Crippen LogP) is 3.53. The molecule has 4 aromatic rings. The quantitative estimate of drug-likeness (QED) is 0.411. The maximum atomic E-state index is 12.8. The van der Waals surface area contributed by atoms with Crippen molar-refractivity contribution in [3.8, 4) is 17.3 Å². The number of fused-ring (bicyclic) bond motifs is 1. The molecule has 0 radical (unpaired) electrons. The van der Waals surface area contributed by atoms with Gasteiger partial charge in [0.15, 0.2) is 10.7 Å². The molecule has 2 fully saturated rings. The zero-order valence-electron chi connectivity index (χ0n) is 20.0. The molecule has 5 heterocycles. The molecular formula is C24H22F3N9OS. The number of aromatic nitrogens is 6. The second-order valence-electron chi connectivity index (χ2n) is 9.62. The fourth-order valence-corrected chi connectivity index (χ4v) is 6.16. The summed E-state index contributed by atoms with van der Waals surface area (Å²) in [5.41, 5.74) is 0.900. The number of halogens is 3. The second-order valence-corrected chi connectivity index (χ2v) is 10.5. The molecular weight excluding hydrogens is 519 g/mol. The van der Waals surface area contributed by atoms with Crippen molar-refractivity contribution in [2.45, 2.75) is 37.0 Å². The van der Waals surface area contributed by atoms with Crippen LogP contribution in [0.4, 0.5) is 13.2 Å². The summed E-state index contributed by atoms with van der Waals surface area (Å²) in [5.74, 6) is -0.470. The normalized spacial score (nSPS) is 22.4. The average Bonchev–Trinajstić information content (AvgIpc) is 3.65. The first-order chi connectivity index (χ1) is 18.3. The molecule has 0 atom stereocenters. The first kappa shape index (κ1) is 24.5. The number of alkyl halides is 3. The molecule has 6 rings (SSSR count). The molecule has 4 aromatic heterocycles. The van der Waals surface area contributed by atoms with Gasteiger partial charge in [0.2, 0.25) is 0 Å². The van der Waals surface area contributed by atoms with Crippen molar-refractivity contribution < 1.29 is 18.0 Å². The number of piperazine rings is 1. The summed E-state index contributed by atoms with van der Waals surface area (Å²) in [7, 11) is 0. The number of aromatic amines is 1. The van der Waals surface area contributed by atoms with Gasteiger partial charge in [0.25, 0.3) is 5.91 Å². The molecule has 1 N–H and O–H groups in total. The fraction of sp³-hybridized carbons (Fsp3) is 0.417. The minimum Gasteiger partial charge on any atom is -0.346 e. The Labute approximate surface area is 218 Å². The number of rotatable bonds is 5. The molecule has 0 bridgehead atoms. The average molecular weight is 542 g/mol. The molecule has 1 amide bonds. The third-order valence-electron chi connectivity index (χ3n) is 7.43. The number of hydrogen-bond acceptors (Lipinski definition) is 8. The van der Waals surface area contributed by atoms with E-state index < -0.39 is 23.3 Å². The molecule has 1 saturated carbocycles. The standard InChI is InChI=1S/C24H22F3N9OS/c25-24(26,27)18-13-38-21(33-18)22(37)35-7-5-34(6-8-35)16-9-23(10-16,2-3-28)36-12-15(11-32-36)19-17-1-4-29-20(17)31-14-30-19/h1,4,11-14,16H,2,5-10H2,(H,29,30,31)/t16-,23-. The van der Waals surface area contributed by atoms with Crippen molar-refractivity contribution in [1.82, 2.24) is 39.5 Å². The lowest BCUT2D eigenvalue weighted by molar-refractivity contribution is -0.140. The molecule has 0 aromatic carbocycles. The van der Waals surface area contributed by atoms with Gasteiger partial charge in [0.05, 0.1) is 29.9 Å². The number of nitriles is 1. The van der Waals surface area contributed by atoms with Crippen molar-refractivity contribution in [1.29, 1.82) is 5.26 Å². The molecule has 1 aliphatic heterocycles. The van der Waals surface area contributed by atoms with Crippen LogP contribution in [0.5, 0.6) is 0 Å². The van der Waals surface area contributed by atoms with Gasteiger partial charge in [-0.3, -0.25) is 14.4 Å². The SMILES string of the molecule is N#CC[C@]1(n2cc(-c3ncnc4[nH]ccc34)cn2)C[C@H](N2CCN(C(=O)c3nc(C(F)(F)F)cs3)CC2)C1. The van der Waals surface area contributed by atoms with E-state index >= 15 is 0 Å². The van der Waals surface area contributed by atoms with E-state index in [1.165, 1.54) is 6.33 Å². The molecule has 14 heteroatoms. The lowest BCUT2D eigenvalue weighted by atomic mass is 9.70. The van der Waals surface area contributed by atoms with E-state index in [1.54, 1.807) is 11.1 Å². The van der Waals surface area contributed by atoms with E-state index in [1.807, 2.05) is 23.1 Å². The number of hydrogen-bond donors (Lipinski definition) is 1. The lowest BCUT2D eigenvalue weighted by Gasteiger charge is -2.52. The summed E-state index contributed by atoms with van der Waals surface area (Å²) in [4.78, 5) is 31.7. The zero-order chi connectivity index (χ0) is 26.5. The molecule has 1 aliphatic carbocycles. The third-order valence-corrected chi connectivity index (χ3v) is 8.26. The molecule has 0 spiro atoms. The first-order valence-corrected chi connectivity index (χ1v) is 12.9. The first-order valence-electron chi connectivity index (χ1n) is 12.0. The Hall–Kier alpha value is -3.83. The topological polar surface area (TPSA) is 120 Å². The summed E-state index contributed by atoms with van der Waals surface area (Å²) in [6.07, 6.45) is 4.23. The minimum absolute atomic E-state index is 0.141. The number of H-pyrrole nitrogens is 1. The number of nitrogens with zero attached hydrogens (tertiary/aromatic N) is 8. The van der Waals surface area contributed by atoms with Crippen LogP contribution in [0.2, 0.25) is 0 Å². The fourth-order valence-electron chi connectivity index (χ4n) is 5.37. The van der Waals surface area contributed by atoms with Crippen LogP contribution in [-0.2, 0) is 11.7 Å². The van der Waals surface area contributed by atoms with Gasteiger partial charge in [0, 0.05) is 60.9 Å². The molecule has 38 heavy (non-hydrogen) atoms. The van der Waals surface area contributed by atoms with Crippen molar-refractivity contribution in [3.63, 3.8) is 0 Å². The van der Waals surface area contributed by atoms with E-state index in [-0.39, 0.29) is 11.0 Å². The van der Waals surface area contributed by atoms with Crippen LogP contribution in [0, 0.1) is 11.3 Å². The molecule has 1 saturated heterocycles. The number of thiazole rings is 1. The van der Waals surface area contributed by atoms with E-state index in [2.05, 4.69) is 36.0 Å². The van der Waals surface area contributed by atoms with Crippen LogP contribution < -0.4 is 0 Å². The van der Waals surface area contributed by atoms with E-state index in [9.17, 15) is 23.2 Å². The number of carbonyl (C=O) groups excluding carboxylic acids is 1. The van der Waals surface area contributed by atoms with Crippen LogP contribution in [-0.4, -0.2) is 77.6 Å². The van der Waals surface area contributed by atoms with Crippen LogP contribution in [0.15, 0.2) is 36.4 Å². The van der Waals surface area contributed by atoms with Crippen molar-refractivity contribution in [3.05, 3.63) is 47.1 Å². The highest BCUT2D eigenvalue weighted by atomic mass is 32.1. The van der Waals surface area contributed by atoms with Crippen LogP contribution in [0.3, 0.4) is 0 Å². The van der Waals surface area contributed by atoms with Crippen LogP contribution >= 0.6 is 11.3 Å². The smallest absolute Gasteiger partial charge is 0.346 e. The zero-order valence-corrected chi connectivity index (χ0v) is 20.8. The van der Waals surface area contributed by atoms with Gasteiger partial charge in [-0.15, -0.1) is 11.3 Å². The largest absolute Gasteiger partial charge is 0.434 e. The van der Waals surface area contributed by atoms with Gasteiger partial charge in [-0.05, 0) is 18.9 Å². The lowest BCUT2D eigenvalue weighted by Crippen LogP contribution is -2.60. The highest BCUT2D eigenvalue weighted by Gasteiger charge is 2.49. The van der Waals surface area contributed by atoms with Crippen LogP contribution in [0.25, 0.3) is 22.3 Å². The number of amides is 1. The van der Waals surface area contributed by atoms with Gasteiger partial charge >= 0.3 is 6.18 Å². The summed E-state index contributed by atoms with van der Waals surface area (Å²) in [6.45, 7) is 2.03. The Morgan fingerprint density at radius 1 is 1.24 bits per heavy atom. The summed E-state index contributed by atoms with van der Waals surface area (Å²) in [6, 6.07) is 4.45. The van der Waals surface area contributed by atoms with Crippen molar-refractivity contribution in [2.24, 2.45) is 0 Å². The summed E-state index contributed by atoms with van der Waals surface area (Å²) >= 11 is 0.719. The predicted molar refractivity (Wildman–Crippen MR) is 131 cm³/mol. The number of carbonyl (C=O) groups is 1. The van der Waals surface area contributed by atoms with Gasteiger partial charge in [-0.1, -0.05) is 0 Å². The third kappa shape index (κ3) is 4.21. The van der Waals surface area contributed by atoms with E-state index in [4.69, 9.17) is 0 Å². The Morgan fingerprint density at radius 3 is 2.74 bits per heavy atom. The van der Waals surface area contributed by atoms with Crippen LogP contribution in [0.1, 0.15) is 34.8 Å². The van der Waals surface area contributed by atoms with E-state index in [0.29, 0.717) is 32.6 Å². The van der Waals surface area contributed by atoms with Crippen molar-refractivity contribution >= 4 is 28.3 Å². The summed E-state index contributed by atoms with van der Waals surface area (Å²) in [5, 5.41) is 15.8. The molecule has 2 aliphatic rings. The minimum atomic E-state index is -4.56. The van der Waals surface area contributed by atoms with Gasteiger partial charge in [-0.2, -0.15) is 23.5 Å². The maximum absolute atomic E-state index is 12.8. The molecule has 0 unspecified atom stereocenters. The van der Waals surface area contributed by atoms with E-state index in [0.717, 1.165) is 51.8 Å². The highest BCUT2D eigenvalue weighted by molar-refractivity contribution is 7.11. The Kier molecular flexibility index (Phi) is 5.92. The molecule has 196 valence electrons. The summed E-state index contributed by atoms with van der Waals surface area (Å²) < 4.78 is 40.4. The number of nitrogens with one attached hydrogen (secondary N) is 1. The Balaban J connectivity index is 1.10. The maximum Gasteiger partial charge on any atom is 0.434 e. The molecule has 10 nitrogen and oxygen atoms in total. The Bertz CT molecular complexity index is 1520. The Morgan fingerprint density at radius 2 is 2.03 bits per heavy atom. The van der Waals surface area contributed by atoms with Gasteiger partial charge < -0.3 is 9.88 Å². The monoisotopic (exact) mass is 541 g/mol. The second kappa shape index (κ2) is 9.17. The highest BCUT2D eigenvalue weighted by Crippen LogP contribution is 2.45.